The number of carbonyl (C=O) groups excluding carboxylic acids is 1. The van der Waals surface area contributed by atoms with Crippen LogP contribution in [0.5, 0.6) is 0 Å². The molecular formula is C20H23N3OS2. The van der Waals surface area contributed by atoms with Gasteiger partial charge < -0.3 is 5.32 Å². The molecule has 4 nitrogen and oxygen atoms in total. The van der Waals surface area contributed by atoms with E-state index in [2.05, 4.69) is 49.3 Å². The minimum absolute atomic E-state index is 0.0519. The minimum Gasteiger partial charge on any atom is -0.301 e. The molecular weight excluding hydrogens is 362 g/mol. The first-order valence-electron chi connectivity index (χ1n) is 8.54. The highest BCUT2D eigenvalue weighted by molar-refractivity contribution is 8.00. The summed E-state index contributed by atoms with van der Waals surface area (Å²) in [5, 5.41) is 5.37. The molecule has 1 N–H and O–H groups in total. The van der Waals surface area contributed by atoms with Gasteiger partial charge in [0.05, 0.1) is 21.5 Å². The van der Waals surface area contributed by atoms with Crippen molar-refractivity contribution in [2.75, 3.05) is 5.32 Å². The number of aromatic nitrogens is 2. The fourth-order valence-corrected chi connectivity index (χ4v) is 4.58. The van der Waals surface area contributed by atoms with Crippen molar-refractivity contribution in [3.05, 3.63) is 45.5 Å². The number of amides is 1. The summed E-state index contributed by atoms with van der Waals surface area (Å²) in [6, 6.07) is 6.38. The fraction of sp³-hybridized carbons (Fsp3) is 0.350. The third-order valence-electron chi connectivity index (χ3n) is 4.36. The van der Waals surface area contributed by atoms with Crippen molar-refractivity contribution in [2.24, 2.45) is 0 Å². The molecule has 3 aromatic rings. The lowest BCUT2D eigenvalue weighted by Crippen LogP contribution is -2.22. The predicted octanol–water partition coefficient (Wildman–Crippen LogP) is 5.35. The second kappa shape index (κ2) is 7.37. The number of benzene rings is 1. The number of rotatable bonds is 4. The standard InChI is InChI=1S/C20H23N3OS2/c1-10-7-12(3)18-16(8-10)11(2)9-17(22-18)25-15(6)19(24)23-20-21-13(4)14(5)26-20/h7-9,15H,1-6H3,(H,21,23,24). The molecule has 0 fully saturated rings. The van der Waals surface area contributed by atoms with Crippen LogP contribution in [0.25, 0.3) is 10.9 Å². The van der Waals surface area contributed by atoms with Crippen molar-refractivity contribution in [3.63, 3.8) is 0 Å². The van der Waals surface area contributed by atoms with Gasteiger partial charge in [0.25, 0.3) is 0 Å². The van der Waals surface area contributed by atoms with Gasteiger partial charge in [-0.2, -0.15) is 0 Å². The minimum atomic E-state index is -0.255. The normalized spacial score (nSPS) is 12.4. The summed E-state index contributed by atoms with van der Waals surface area (Å²) in [4.78, 5) is 22.8. The zero-order valence-corrected chi connectivity index (χ0v) is 17.6. The summed E-state index contributed by atoms with van der Waals surface area (Å²) < 4.78 is 0. The second-order valence-corrected chi connectivity index (χ2v) is 9.23. The SMILES string of the molecule is Cc1cc(C)c2nc(SC(C)C(=O)Nc3nc(C)c(C)s3)cc(C)c2c1. The van der Waals surface area contributed by atoms with Crippen molar-refractivity contribution in [2.45, 2.75) is 51.8 Å². The molecule has 3 rings (SSSR count). The lowest BCUT2D eigenvalue weighted by Gasteiger charge is -2.13. The first kappa shape index (κ1) is 18.9. The van der Waals surface area contributed by atoms with E-state index in [-0.39, 0.29) is 11.2 Å². The van der Waals surface area contributed by atoms with Crippen LogP contribution in [-0.2, 0) is 4.79 Å². The van der Waals surface area contributed by atoms with Gasteiger partial charge in [0.15, 0.2) is 5.13 Å². The number of hydrogen-bond donors (Lipinski definition) is 1. The van der Waals surface area contributed by atoms with Crippen LogP contribution >= 0.6 is 23.1 Å². The number of anilines is 1. The largest absolute Gasteiger partial charge is 0.301 e. The highest BCUT2D eigenvalue weighted by Crippen LogP contribution is 2.30. The van der Waals surface area contributed by atoms with Gasteiger partial charge in [0.1, 0.15) is 0 Å². The summed E-state index contributed by atoms with van der Waals surface area (Å²) in [7, 11) is 0. The third-order valence-corrected chi connectivity index (χ3v) is 6.36. The Balaban J connectivity index is 1.80. The molecule has 0 spiro atoms. The number of nitrogens with zero attached hydrogens (tertiary/aromatic N) is 2. The number of pyridine rings is 1. The summed E-state index contributed by atoms with van der Waals surface area (Å²) in [5.74, 6) is -0.0519. The van der Waals surface area contributed by atoms with Crippen molar-refractivity contribution in [1.82, 2.24) is 9.97 Å². The van der Waals surface area contributed by atoms with Crippen molar-refractivity contribution >= 4 is 45.0 Å². The zero-order valence-electron chi connectivity index (χ0n) is 15.9. The average molecular weight is 386 g/mol. The van der Waals surface area contributed by atoms with Crippen LogP contribution in [0.1, 0.15) is 34.2 Å². The molecule has 1 unspecified atom stereocenters. The molecule has 0 radical (unpaired) electrons. The first-order valence-corrected chi connectivity index (χ1v) is 10.2. The lowest BCUT2D eigenvalue weighted by molar-refractivity contribution is -0.115. The van der Waals surface area contributed by atoms with Gasteiger partial charge in [-0.1, -0.05) is 23.4 Å². The van der Waals surface area contributed by atoms with Crippen LogP contribution in [0.15, 0.2) is 23.2 Å². The molecule has 0 bridgehead atoms. The maximum absolute atomic E-state index is 12.5. The average Bonchev–Trinajstić information content (AvgIpc) is 2.86. The van der Waals surface area contributed by atoms with E-state index in [4.69, 9.17) is 4.98 Å². The van der Waals surface area contributed by atoms with E-state index in [1.165, 1.54) is 39.6 Å². The van der Waals surface area contributed by atoms with E-state index in [1.54, 1.807) is 0 Å². The molecule has 26 heavy (non-hydrogen) atoms. The van der Waals surface area contributed by atoms with Crippen molar-refractivity contribution in [3.8, 4) is 0 Å². The van der Waals surface area contributed by atoms with E-state index >= 15 is 0 Å². The molecule has 2 heterocycles. The Morgan fingerprint density at radius 3 is 2.46 bits per heavy atom. The molecule has 0 aliphatic carbocycles. The number of fused-ring (bicyclic) bond motifs is 1. The van der Waals surface area contributed by atoms with Gasteiger partial charge in [-0.15, -0.1) is 11.3 Å². The molecule has 0 aliphatic rings. The number of nitrogens with one attached hydrogen (secondary N) is 1. The van der Waals surface area contributed by atoms with Gasteiger partial charge in [-0.05, 0) is 64.8 Å². The number of carbonyl (C=O) groups is 1. The van der Waals surface area contributed by atoms with E-state index in [1.807, 2.05) is 20.8 Å². The lowest BCUT2D eigenvalue weighted by atomic mass is 10.0. The Morgan fingerprint density at radius 2 is 1.81 bits per heavy atom. The molecule has 0 saturated heterocycles. The maximum atomic E-state index is 12.5. The zero-order chi connectivity index (χ0) is 19.0. The molecule has 0 aliphatic heterocycles. The van der Waals surface area contributed by atoms with Crippen molar-refractivity contribution < 1.29 is 4.79 Å². The van der Waals surface area contributed by atoms with Gasteiger partial charge >= 0.3 is 0 Å². The molecule has 1 atom stereocenters. The molecule has 1 aromatic carbocycles. The number of thioether (sulfide) groups is 1. The Hall–Kier alpha value is -1.92. The summed E-state index contributed by atoms with van der Waals surface area (Å²) in [6.07, 6.45) is 0. The third kappa shape index (κ3) is 3.91. The number of hydrogen-bond acceptors (Lipinski definition) is 5. The quantitative estimate of drug-likeness (QED) is 0.615. The predicted molar refractivity (Wildman–Crippen MR) is 111 cm³/mol. The fourth-order valence-electron chi connectivity index (χ4n) is 2.84. The van der Waals surface area contributed by atoms with Gasteiger partial charge in [-0.3, -0.25) is 4.79 Å². The summed E-state index contributed by atoms with van der Waals surface area (Å²) in [6.45, 7) is 12.1. The maximum Gasteiger partial charge on any atom is 0.239 e. The summed E-state index contributed by atoms with van der Waals surface area (Å²) in [5.41, 5.74) is 5.56. The Morgan fingerprint density at radius 1 is 1.08 bits per heavy atom. The molecule has 136 valence electrons. The van der Waals surface area contributed by atoms with Crippen LogP contribution in [0.2, 0.25) is 0 Å². The van der Waals surface area contributed by atoms with Crippen LogP contribution in [-0.4, -0.2) is 21.1 Å². The molecule has 6 heteroatoms. The number of aryl methyl sites for hydroxylation is 5. The van der Waals surface area contributed by atoms with E-state index in [0.717, 1.165) is 26.7 Å². The van der Waals surface area contributed by atoms with Gasteiger partial charge in [0, 0.05) is 10.3 Å². The van der Waals surface area contributed by atoms with Crippen LogP contribution in [0.3, 0.4) is 0 Å². The van der Waals surface area contributed by atoms with Crippen molar-refractivity contribution in [1.29, 1.82) is 0 Å². The van der Waals surface area contributed by atoms with Gasteiger partial charge in [0.2, 0.25) is 5.91 Å². The van der Waals surface area contributed by atoms with Gasteiger partial charge in [-0.25, -0.2) is 9.97 Å². The number of thiazole rings is 1. The molecule has 2 aromatic heterocycles. The second-order valence-electron chi connectivity index (χ2n) is 6.67. The highest BCUT2D eigenvalue weighted by atomic mass is 32.2. The van der Waals surface area contributed by atoms with Crippen LogP contribution in [0.4, 0.5) is 5.13 Å². The molecule has 0 saturated carbocycles. The summed E-state index contributed by atoms with van der Waals surface area (Å²) >= 11 is 2.98. The Labute approximate surface area is 162 Å². The molecule has 1 amide bonds. The van der Waals surface area contributed by atoms with Crippen LogP contribution in [0, 0.1) is 34.6 Å². The first-order chi connectivity index (χ1) is 12.2. The van der Waals surface area contributed by atoms with Crippen LogP contribution < -0.4 is 5.32 Å². The smallest absolute Gasteiger partial charge is 0.239 e. The Bertz CT molecular complexity index is 975. The monoisotopic (exact) mass is 385 g/mol. The Kier molecular flexibility index (Phi) is 5.34. The van der Waals surface area contributed by atoms with E-state index in [9.17, 15) is 4.79 Å². The highest BCUT2D eigenvalue weighted by Gasteiger charge is 2.18. The topological polar surface area (TPSA) is 54.9 Å². The van der Waals surface area contributed by atoms with E-state index in [0.29, 0.717) is 5.13 Å². The van der Waals surface area contributed by atoms with E-state index < -0.39 is 0 Å².